The molecule has 0 bridgehead atoms. The minimum absolute atomic E-state index is 0.0977. The Kier molecular flexibility index (Phi) is 7.76. The monoisotopic (exact) mass is 592 g/mol. The van der Waals surface area contributed by atoms with Crippen LogP contribution >= 0.6 is 46.4 Å². The Hall–Kier alpha value is -1.82. The van der Waals surface area contributed by atoms with Crippen molar-refractivity contribution >= 4 is 63.7 Å². The number of benzene rings is 3. The van der Waals surface area contributed by atoms with Gasteiger partial charge in [0, 0.05) is 22.5 Å². The Morgan fingerprint density at radius 2 is 1.50 bits per heavy atom. The molecule has 8 heteroatoms. The highest BCUT2D eigenvalue weighted by molar-refractivity contribution is 6.43. The number of fused-ring (bicyclic) bond motifs is 1. The zero-order chi connectivity index (χ0) is 27.4. The van der Waals surface area contributed by atoms with Crippen LogP contribution in [0.5, 0.6) is 0 Å². The molecule has 2 aliphatic rings. The number of hydrogen-bond donors (Lipinski definition) is 0. The Morgan fingerprint density at radius 3 is 2.11 bits per heavy atom. The molecule has 0 atom stereocenters. The van der Waals surface area contributed by atoms with E-state index in [9.17, 15) is 9.18 Å². The molecule has 2 aliphatic heterocycles. The first-order valence-corrected chi connectivity index (χ1v) is 14.3. The van der Waals surface area contributed by atoms with Crippen LogP contribution in [0.4, 0.5) is 15.8 Å². The van der Waals surface area contributed by atoms with Crippen LogP contribution in [-0.2, 0) is 11.2 Å². The first-order chi connectivity index (χ1) is 17.9. The van der Waals surface area contributed by atoms with Gasteiger partial charge < -0.3 is 0 Å². The van der Waals surface area contributed by atoms with Crippen LogP contribution in [0.15, 0.2) is 42.5 Å². The van der Waals surface area contributed by atoms with Crippen molar-refractivity contribution in [3.05, 3.63) is 79.5 Å². The van der Waals surface area contributed by atoms with Crippen molar-refractivity contribution < 1.29 is 9.18 Å². The number of rotatable bonds is 3. The SMILES string of the molecule is CC(C)(C)N1CCC(c2cc(-c3ccc(F)cc3Cl)c3c(c2)N(c2c(Cl)cc(Cl)cc2Cl)C(=O)CC3)CC1. The fourth-order valence-corrected chi connectivity index (χ4v) is 6.93. The molecule has 3 aromatic rings. The van der Waals surface area contributed by atoms with Crippen LogP contribution in [0.1, 0.15) is 57.1 Å². The minimum atomic E-state index is -0.394. The third-order valence-electron chi connectivity index (χ3n) is 7.67. The smallest absolute Gasteiger partial charge is 0.231 e. The van der Waals surface area contributed by atoms with Crippen molar-refractivity contribution in [2.75, 3.05) is 18.0 Å². The molecule has 1 amide bonds. The predicted octanol–water partition coefficient (Wildman–Crippen LogP) is 9.70. The summed E-state index contributed by atoms with van der Waals surface area (Å²) in [5.74, 6) is -0.193. The van der Waals surface area contributed by atoms with E-state index in [1.165, 1.54) is 12.1 Å². The molecule has 2 heterocycles. The molecule has 0 radical (unpaired) electrons. The van der Waals surface area contributed by atoms with E-state index >= 15 is 0 Å². The maximum absolute atomic E-state index is 14.0. The molecule has 200 valence electrons. The average molecular weight is 594 g/mol. The number of amides is 1. The summed E-state index contributed by atoms with van der Waals surface area (Å²) in [6.07, 6.45) is 2.78. The lowest BCUT2D eigenvalue weighted by Gasteiger charge is -2.41. The number of carbonyl (C=O) groups is 1. The molecule has 0 N–H and O–H groups in total. The van der Waals surface area contributed by atoms with E-state index in [1.807, 2.05) is 0 Å². The second kappa shape index (κ2) is 10.6. The first-order valence-electron chi connectivity index (χ1n) is 12.8. The lowest BCUT2D eigenvalue weighted by atomic mass is 9.82. The number of nitrogens with zero attached hydrogens (tertiary/aromatic N) is 2. The maximum atomic E-state index is 14.0. The molecule has 0 spiro atoms. The molecule has 38 heavy (non-hydrogen) atoms. The van der Waals surface area contributed by atoms with E-state index in [2.05, 4.69) is 37.8 Å². The van der Waals surface area contributed by atoms with E-state index in [-0.39, 0.29) is 17.9 Å². The topological polar surface area (TPSA) is 23.6 Å². The van der Waals surface area contributed by atoms with Gasteiger partial charge in [-0.25, -0.2) is 4.39 Å². The van der Waals surface area contributed by atoms with Crippen LogP contribution in [-0.4, -0.2) is 29.4 Å². The van der Waals surface area contributed by atoms with Crippen molar-refractivity contribution in [1.29, 1.82) is 0 Å². The summed E-state index contributed by atoms with van der Waals surface area (Å²) in [4.78, 5) is 17.6. The van der Waals surface area contributed by atoms with Crippen molar-refractivity contribution in [3.63, 3.8) is 0 Å². The molecule has 5 rings (SSSR count). The lowest BCUT2D eigenvalue weighted by molar-refractivity contribution is -0.118. The zero-order valence-electron chi connectivity index (χ0n) is 21.6. The van der Waals surface area contributed by atoms with Crippen LogP contribution in [0, 0.1) is 5.82 Å². The molecular weight excluding hydrogens is 565 g/mol. The predicted molar refractivity (Wildman–Crippen MR) is 157 cm³/mol. The quantitative estimate of drug-likeness (QED) is 0.302. The van der Waals surface area contributed by atoms with E-state index < -0.39 is 5.82 Å². The lowest BCUT2D eigenvalue weighted by Crippen LogP contribution is -2.45. The molecule has 0 unspecified atom stereocenters. The fourth-order valence-electron chi connectivity index (χ4n) is 5.68. The van der Waals surface area contributed by atoms with Gasteiger partial charge in [0.1, 0.15) is 5.82 Å². The van der Waals surface area contributed by atoms with Crippen molar-refractivity contribution in [2.24, 2.45) is 0 Å². The Balaban J connectivity index is 1.69. The molecule has 0 aromatic heterocycles. The third kappa shape index (κ3) is 5.31. The molecule has 3 aromatic carbocycles. The highest BCUT2D eigenvalue weighted by Gasteiger charge is 2.34. The number of carbonyl (C=O) groups excluding carboxylic acids is 1. The standard InChI is InChI=1S/C30H29Cl4FN2O/c1-30(2,3)36-10-8-17(9-11-36)18-12-23(21-5-4-20(35)16-24(21)32)22-6-7-28(38)37(27(22)13-18)29-25(33)14-19(31)15-26(29)34/h4-5,12-17H,6-11H2,1-3H3. The fraction of sp³-hybridized carbons (Fsp3) is 0.367. The summed E-state index contributed by atoms with van der Waals surface area (Å²) in [6, 6.07) is 11.9. The van der Waals surface area contributed by atoms with E-state index in [1.54, 1.807) is 23.1 Å². The summed E-state index contributed by atoms with van der Waals surface area (Å²) >= 11 is 26.0. The van der Waals surface area contributed by atoms with Gasteiger partial charge in [0.2, 0.25) is 5.91 Å². The van der Waals surface area contributed by atoms with Crippen molar-refractivity contribution in [3.8, 4) is 11.1 Å². The summed E-state index contributed by atoms with van der Waals surface area (Å²) < 4.78 is 14.0. The normalized spacial score (nSPS) is 17.2. The van der Waals surface area contributed by atoms with Crippen molar-refractivity contribution in [1.82, 2.24) is 4.90 Å². The zero-order valence-corrected chi connectivity index (χ0v) is 24.6. The minimum Gasteiger partial charge on any atom is -0.298 e. The number of anilines is 2. The second-order valence-corrected chi connectivity index (χ2v) is 12.7. The Labute approximate surface area is 243 Å². The van der Waals surface area contributed by atoms with Crippen molar-refractivity contribution in [2.45, 2.75) is 57.9 Å². The van der Waals surface area contributed by atoms with Crippen LogP contribution in [0.2, 0.25) is 20.1 Å². The van der Waals surface area contributed by atoms with Gasteiger partial charge in [-0.1, -0.05) is 52.5 Å². The number of piperidine rings is 1. The van der Waals surface area contributed by atoms with Crippen LogP contribution in [0.25, 0.3) is 11.1 Å². The Bertz CT molecular complexity index is 1390. The van der Waals surface area contributed by atoms with Gasteiger partial charge in [-0.3, -0.25) is 14.6 Å². The van der Waals surface area contributed by atoms with Gasteiger partial charge in [-0.15, -0.1) is 0 Å². The maximum Gasteiger partial charge on any atom is 0.231 e. The molecule has 1 saturated heterocycles. The Morgan fingerprint density at radius 1 is 0.842 bits per heavy atom. The average Bonchev–Trinajstić information content (AvgIpc) is 2.84. The highest BCUT2D eigenvalue weighted by atomic mass is 35.5. The van der Waals surface area contributed by atoms with Gasteiger partial charge >= 0.3 is 0 Å². The third-order valence-corrected chi connectivity index (χ3v) is 8.78. The molecule has 0 aliphatic carbocycles. The van der Waals surface area contributed by atoms with Gasteiger partial charge in [0.25, 0.3) is 0 Å². The molecule has 1 fully saturated rings. The van der Waals surface area contributed by atoms with Gasteiger partial charge in [-0.2, -0.15) is 0 Å². The van der Waals surface area contributed by atoms with Gasteiger partial charge in [0.15, 0.2) is 0 Å². The van der Waals surface area contributed by atoms with Gasteiger partial charge in [0.05, 0.1) is 26.4 Å². The first kappa shape index (κ1) is 27.7. The van der Waals surface area contributed by atoms with E-state index in [4.69, 9.17) is 46.4 Å². The number of hydrogen-bond acceptors (Lipinski definition) is 2. The summed E-state index contributed by atoms with van der Waals surface area (Å²) in [6.45, 7) is 8.68. The van der Waals surface area contributed by atoms with Gasteiger partial charge in [-0.05, 0) is 112 Å². The summed E-state index contributed by atoms with van der Waals surface area (Å²) in [7, 11) is 0. The second-order valence-electron chi connectivity index (χ2n) is 11.1. The molecule has 3 nitrogen and oxygen atoms in total. The largest absolute Gasteiger partial charge is 0.298 e. The summed E-state index contributed by atoms with van der Waals surface area (Å²) in [5, 5.41) is 1.33. The number of likely N-dealkylation sites (tertiary alicyclic amines) is 1. The van der Waals surface area contributed by atoms with Crippen LogP contribution in [0.3, 0.4) is 0 Å². The highest BCUT2D eigenvalue weighted by Crippen LogP contribution is 2.48. The number of halogens is 5. The van der Waals surface area contributed by atoms with E-state index in [0.717, 1.165) is 53.9 Å². The molecular formula is C30H29Cl4FN2O. The molecule has 0 saturated carbocycles. The van der Waals surface area contributed by atoms with E-state index in [0.29, 0.717) is 38.1 Å². The van der Waals surface area contributed by atoms with Crippen LogP contribution < -0.4 is 4.90 Å². The summed E-state index contributed by atoms with van der Waals surface area (Å²) in [5.41, 5.74) is 4.97.